The molecule has 4 aliphatic carbocycles. The number of nitrogens with one attached hydrogen (secondary N) is 1. The second kappa shape index (κ2) is 6.16. The minimum atomic E-state index is -0.472. The Bertz CT molecular complexity index is 673. The van der Waals surface area contributed by atoms with E-state index in [0.29, 0.717) is 42.5 Å². The first-order valence-electron chi connectivity index (χ1n) is 9.78. The van der Waals surface area contributed by atoms with Crippen molar-refractivity contribution >= 4 is 11.9 Å². The van der Waals surface area contributed by atoms with Crippen LogP contribution in [-0.4, -0.2) is 58.9 Å². The number of amides is 1. The average Bonchev–Trinajstić information content (AvgIpc) is 2.64. The lowest BCUT2D eigenvalue weighted by Crippen LogP contribution is -2.61. The van der Waals surface area contributed by atoms with Gasteiger partial charge in [0.05, 0.1) is 24.4 Å². The maximum absolute atomic E-state index is 12.7. The zero-order valence-corrected chi connectivity index (χ0v) is 14.9. The van der Waals surface area contributed by atoms with Crippen molar-refractivity contribution < 1.29 is 14.6 Å². The molecule has 2 unspecified atom stereocenters. The van der Waals surface area contributed by atoms with Gasteiger partial charge in [-0.2, -0.15) is 0 Å². The number of ether oxygens (including phenoxy) is 1. The van der Waals surface area contributed by atoms with Gasteiger partial charge in [-0.15, -0.1) is 0 Å². The molecule has 26 heavy (non-hydrogen) atoms. The number of nitrogens with zero attached hydrogens (tertiary/aromatic N) is 3. The molecule has 1 aliphatic heterocycles. The molecule has 7 heteroatoms. The number of rotatable bonds is 3. The van der Waals surface area contributed by atoms with Gasteiger partial charge in [-0.25, -0.2) is 9.97 Å². The number of morpholine rings is 1. The molecule has 2 atom stereocenters. The maximum atomic E-state index is 12.7. The lowest BCUT2D eigenvalue weighted by molar-refractivity contribution is -0.136. The summed E-state index contributed by atoms with van der Waals surface area (Å²) in [5.74, 6) is 2.01. The van der Waals surface area contributed by atoms with Crippen molar-refractivity contribution in [3.8, 4) is 0 Å². The number of hydrogen-bond donors (Lipinski definition) is 2. The average molecular weight is 358 g/mol. The monoisotopic (exact) mass is 358 g/mol. The van der Waals surface area contributed by atoms with Gasteiger partial charge in [0.15, 0.2) is 0 Å². The normalized spacial score (nSPS) is 38.4. The van der Waals surface area contributed by atoms with Gasteiger partial charge >= 0.3 is 0 Å². The minimum Gasteiger partial charge on any atom is -0.390 e. The maximum Gasteiger partial charge on any atom is 0.254 e. The highest BCUT2D eigenvalue weighted by Crippen LogP contribution is 2.55. The summed E-state index contributed by atoms with van der Waals surface area (Å²) >= 11 is 0. The van der Waals surface area contributed by atoms with Crippen LogP contribution in [0.4, 0.5) is 5.95 Å². The summed E-state index contributed by atoms with van der Waals surface area (Å²) in [5, 5.41) is 13.9. The smallest absolute Gasteiger partial charge is 0.254 e. The molecule has 1 aromatic heterocycles. The summed E-state index contributed by atoms with van der Waals surface area (Å²) in [6, 6.07) is 0.179. The SMILES string of the molecule is O=C(NC1C2CC3CC1CC(O)(C3)C2)c1cnc(N2CCOCC2)nc1. The first-order chi connectivity index (χ1) is 12.6. The number of aliphatic hydroxyl groups is 1. The summed E-state index contributed by atoms with van der Waals surface area (Å²) in [6.45, 7) is 2.93. The molecule has 6 rings (SSSR count). The quantitative estimate of drug-likeness (QED) is 0.838. The second-order valence-corrected chi connectivity index (χ2v) is 8.56. The van der Waals surface area contributed by atoms with Crippen molar-refractivity contribution in [3.05, 3.63) is 18.0 Å². The Balaban J connectivity index is 1.26. The van der Waals surface area contributed by atoms with Crippen LogP contribution >= 0.6 is 0 Å². The van der Waals surface area contributed by atoms with Crippen molar-refractivity contribution in [2.24, 2.45) is 17.8 Å². The van der Waals surface area contributed by atoms with E-state index < -0.39 is 5.60 Å². The van der Waals surface area contributed by atoms with Crippen LogP contribution in [0.3, 0.4) is 0 Å². The van der Waals surface area contributed by atoms with Crippen molar-refractivity contribution in [1.29, 1.82) is 0 Å². The molecule has 2 heterocycles. The second-order valence-electron chi connectivity index (χ2n) is 8.56. The highest BCUT2D eigenvalue weighted by Gasteiger charge is 2.55. The molecule has 0 aromatic carbocycles. The van der Waals surface area contributed by atoms with Crippen LogP contribution in [0, 0.1) is 17.8 Å². The lowest BCUT2D eigenvalue weighted by Gasteiger charge is -2.58. The van der Waals surface area contributed by atoms with Crippen molar-refractivity contribution in [3.63, 3.8) is 0 Å². The highest BCUT2D eigenvalue weighted by molar-refractivity contribution is 5.93. The van der Waals surface area contributed by atoms with Crippen LogP contribution in [0.1, 0.15) is 42.5 Å². The molecule has 0 radical (unpaired) electrons. The lowest BCUT2D eigenvalue weighted by atomic mass is 9.52. The van der Waals surface area contributed by atoms with Gasteiger partial charge in [0.2, 0.25) is 5.95 Å². The molecule has 1 saturated heterocycles. The van der Waals surface area contributed by atoms with Crippen molar-refractivity contribution in [2.75, 3.05) is 31.2 Å². The Morgan fingerprint density at radius 1 is 1.15 bits per heavy atom. The van der Waals surface area contributed by atoms with Crippen LogP contribution in [0.25, 0.3) is 0 Å². The van der Waals surface area contributed by atoms with Gasteiger partial charge < -0.3 is 20.1 Å². The first kappa shape index (κ1) is 16.4. The van der Waals surface area contributed by atoms with Crippen LogP contribution in [0.5, 0.6) is 0 Å². The van der Waals surface area contributed by atoms with Gasteiger partial charge in [0.25, 0.3) is 5.91 Å². The van der Waals surface area contributed by atoms with E-state index in [1.807, 2.05) is 0 Å². The number of anilines is 1. The fourth-order valence-electron chi connectivity index (χ4n) is 5.82. The Kier molecular flexibility index (Phi) is 3.90. The molecule has 2 N–H and O–H groups in total. The fraction of sp³-hybridized carbons (Fsp3) is 0.737. The number of carbonyl (C=O) groups is 1. The summed E-state index contributed by atoms with van der Waals surface area (Å²) < 4.78 is 5.34. The predicted octanol–water partition coefficient (Wildman–Crippen LogP) is 0.983. The third-order valence-electron chi connectivity index (χ3n) is 6.73. The summed E-state index contributed by atoms with van der Waals surface area (Å²) in [7, 11) is 0. The first-order valence-corrected chi connectivity index (χ1v) is 9.78. The summed E-state index contributed by atoms with van der Waals surface area (Å²) in [6.07, 6.45) is 8.13. The van der Waals surface area contributed by atoms with Gasteiger partial charge in [0, 0.05) is 31.5 Å². The third-order valence-corrected chi connectivity index (χ3v) is 6.73. The van der Waals surface area contributed by atoms with Crippen LogP contribution in [-0.2, 0) is 4.74 Å². The van der Waals surface area contributed by atoms with Crippen molar-refractivity contribution in [1.82, 2.24) is 15.3 Å². The molecular formula is C19H26N4O3. The Hall–Kier alpha value is -1.73. The van der Waals surface area contributed by atoms with Crippen LogP contribution in [0.2, 0.25) is 0 Å². The van der Waals surface area contributed by atoms with Gasteiger partial charge in [-0.1, -0.05) is 0 Å². The van der Waals surface area contributed by atoms with Gasteiger partial charge in [-0.05, 0) is 49.9 Å². The Labute approximate surface area is 153 Å². The molecule has 5 aliphatic rings. The molecular weight excluding hydrogens is 332 g/mol. The van der Waals surface area contributed by atoms with Crippen LogP contribution in [0.15, 0.2) is 12.4 Å². The number of aromatic nitrogens is 2. The minimum absolute atomic E-state index is 0.0945. The molecule has 4 bridgehead atoms. The highest BCUT2D eigenvalue weighted by atomic mass is 16.5. The molecule has 140 valence electrons. The number of hydrogen-bond acceptors (Lipinski definition) is 6. The Morgan fingerprint density at radius 2 is 1.81 bits per heavy atom. The summed E-state index contributed by atoms with van der Waals surface area (Å²) in [5.41, 5.74) is 0.0372. The van der Waals surface area contributed by atoms with E-state index in [4.69, 9.17) is 4.74 Å². The molecule has 7 nitrogen and oxygen atoms in total. The largest absolute Gasteiger partial charge is 0.390 e. The fourth-order valence-corrected chi connectivity index (χ4v) is 5.82. The number of carbonyl (C=O) groups excluding carboxylic acids is 1. The topological polar surface area (TPSA) is 87.6 Å². The molecule has 1 amide bonds. The van der Waals surface area contributed by atoms with Crippen molar-refractivity contribution in [2.45, 2.75) is 43.7 Å². The molecule has 1 aromatic rings. The van der Waals surface area contributed by atoms with E-state index in [2.05, 4.69) is 20.2 Å². The standard InChI is InChI=1S/C19H26N4O3/c24-17(15-10-20-18(21-11-15)23-1-3-26-4-2-23)22-16-13-5-12-6-14(16)9-19(25,7-12)8-13/h10-14,16,25H,1-9H2,(H,22,24). The van der Waals surface area contributed by atoms with E-state index in [1.165, 1.54) is 0 Å². The molecule has 5 fully saturated rings. The van der Waals surface area contributed by atoms with Gasteiger partial charge in [-0.3, -0.25) is 4.79 Å². The third kappa shape index (κ3) is 2.87. The zero-order chi connectivity index (χ0) is 17.7. The van der Waals surface area contributed by atoms with E-state index in [9.17, 15) is 9.90 Å². The van der Waals surface area contributed by atoms with Gasteiger partial charge in [0.1, 0.15) is 0 Å². The van der Waals surface area contributed by atoms with E-state index in [0.717, 1.165) is 45.2 Å². The predicted molar refractivity (Wildman–Crippen MR) is 94.8 cm³/mol. The van der Waals surface area contributed by atoms with E-state index in [1.54, 1.807) is 12.4 Å². The van der Waals surface area contributed by atoms with E-state index >= 15 is 0 Å². The zero-order valence-electron chi connectivity index (χ0n) is 14.9. The summed E-state index contributed by atoms with van der Waals surface area (Å²) in [4.78, 5) is 23.5. The Morgan fingerprint density at radius 3 is 2.42 bits per heavy atom. The molecule has 0 spiro atoms. The van der Waals surface area contributed by atoms with E-state index in [-0.39, 0.29) is 11.9 Å². The van der Waals surface area contributed by atoms with Crippen LogP contribution < -0.4 is 10.2 Å². The molecule has 4 saturated carbocycles.